The van der Waals surface area contributed by atoms with Gasteiger partial charge in [0.15, 0.2) is 0 Å². The third-order valence-electron chi connectivity index (χ3n) is 3.25. The summed E-state index contributed by atoms with van der Waals surface area (Å²) in [6.07, 6.45) is 1.77. The van der Waals surface area contributed by atoms with E-state index in [1.54, 1.807) is 23.3 Å². The molecule has 114 valence electrons. The number of hydrogen-bond acceptors (Lipinski definition) is 4. The Morgan fingerprint density at radius 3 is 2.45 bits per heavy atom. The quantitative estimate of drug-likeness (QED) is 0.475. The number of benzene rings is 2. The van der Waals surface area contributed by atoms with Gasteiger partial charge in [0.25, 0.3) is 11.6 Å². The number of rotatable bonds is 5. The van der Waals surface area contributed by atoms with Crippen molar-refractivity contribution < 1.29 is 9.72 Å². The third-order valence-corrected chi connectivity index (χ3v) is 4.04. The number of hydrogen-bond donors (Lipinski definition) is 0. The van der Waals surface area contributed by atoms with Crippen LogP contribution in [0.4, 0.5) is 11.4 Å². The Hall–Kier alpha value is -2.34. The monoisotopic (exact) mass is 316 g/mol. The van der Waals surface area contributed by atoms with Crippen LogP contribution in [0.5, 0.6) is 0 Å². The molecule has 0 aromatic heterocycles. The molecular weight excluding hydrogens is 300 g/mol. The number of carbonyl (C=O) groups is 1. The van der Waals surface area contributed by atoms with Gasteiger partial charge >= 0.3 is 0 Å². The molecule has 0 unspecified atom stereocenters. The zero-order valence-corrected chi connectivity index (χ0v) is 13.2. The molecule has 2 aromatic carbocycles. The van der Waals surface area contributed by atoms with Crippen molar-refractivity contribution in [3.05, 3.63) is 64.2 Å². The molecule has 0 bridgehead atoms. The van der Waals surface area contributed by atoms with E-state index >= 15 is 0 Å². The second-order valence-corrected chi connectivity index (χ2v) is 5.38. The van der Waals surface area contributed by atoms with Crippen molar-refractivity contribution in [2.75, 3.05) is 17.7 Å². The highest BCUT2D eigenvalue weighted by Crippen LogP contribution is 2.29. The van der Waals surface area contributed by atoms with E-state index < -0.39 is 4.92 Å². The fraction of sp³-hybridized carbons (Fsp3) is 0.188. The number of para-hydroxylation sites is 1. The molecular formula is C16H16N2O3S. The summed E-state index contributed by atoms with van der Waals surface area (Å²) in [7, 11) is 0. The van der Waals surface area contributed by atoms with Crippen LogP contribution in [0.2, 0.25) is 0 Å². The van der Waals surface area contributed by atoms with Gasteiger partial charge in [-0.05, 0) is 37.4 Å². The molecule has 0 saturated carbocycles. The molecule has 0 heterocycles. The van der Waals surface area contributed by atoms with E-state index in [9.17, 15) is 14.9 Å². The van der Waals surface area contributed by atoms with E-state index in [1.165, 1.54) is 17.8 Å². The number of thioether (sulfide) groups is 1. The molecule has 0 N–H and O–H groups in total. The minimum atomic E-state index is -0.457. The lowest BCUT2D eigenvalue weighted by Crippen LogP contribution is -2.30. The summed E-state index contributed by atoms with van der Waals surface area (Å²) >= 11 is 1.29. The van der Waals surface area contributed by atoms with Crippen molar-refractivity contribution in [2.24, 2.45) is 0 Å². The first-order chi connectivity index (χ1) is 10.6. The number of nitro benzene ring substituents is 1. The number of nitrogens with zero attached hydrogens (tertiary/aromatic N) is 2. The lowest BCUT2D eigenvalue weighted by Gasteiger charge is -2.21. The average molecular weight is 316 g/mol. The van der Waals surface area contributed by atoms with Gasteiger partial charge in [0.05, 0.1) is 9.82 Å². The van der Waals surface area contributed by atoms with Crippen molar-refractivity contribution in [2.45, 2.75) is 11.8 Å². The fourth-order valence-corrected chi connectivity index (χ4v) is 2.72. The molecule has 2 rings (SSSR count). The fourth-order valence-electron chi connectivity index (χ4n) is 2.17. The van der Waals surface area contributed by atoms with Gasteiger partial charge < -0.3 is 4.90 Å². The Morgan fingerprint density at radius 2 is 1.91 bits per heavy atom. The predicted molar refractivity (Wildman–Crippen MR) is 88.7 cm³/mol. The molecule has 22 heavy (non-hydrogen) atoms. The van der Waals surface area contributed by atoms with Gasteiger partial charge in [-0.1, -0.05) is 18.2 Å². The van der Waals surface area contributed by atoms with E-state index in [0.717, 1.165) is 5.69 Å². The third kappa shape index (κ3) is 3.28. The minimum Gasteiger partial charge on any atom is -0.309 e. The van der Waals surface area contributed by atoms with Gasteiger partial charge in [0.2, 0.25) is 0 Å². The molecule has 0 aliphatic carbocycles. The van der Waals surface area contributed by atoms with Gasteiger partial charge in [-0.2, -0.15) is 0 Å². The molecule has 1 amide bonds. The summed E-state index contributed by atoms with van der Waals surface area (Å²) in [5, 5.41) is 11.1. The average Bonchev–Trinajstić information content (AvgIpc) is 2.55. The van der Waals surface area contributed by atoms with Crippen LogP contribution in [-0.2, 0) is 0 Å². The lowest BCUT2D eigenvalue weighted by atomic mass is 10.1. The second kappa shape index (κ2) is 7.09. The minimum absolute atomic E-state index is 0.0394. The van der Waals surface area contributed by atoms with E-state index in [2.05, 4.69) is 0 Å². The smallest absolute Gasteiger partial charge is 0.283 e. The summed E-state index contributed by atoms with van der Waals surface area (Å²) in [5.74, 6) is -0.246. The Balaban J connectivity index is 2.40. The SMILES string of the molecule is CCN(C(=O)c1ccc(SC)c([N+](=O)[O-])c1)c1ccccc1. The van der Waals surface area contributed by atoms with Crippen molar-refractivity contribution in [1.29, 1.82) is 0 Å². The molecule has 0 atom stereocenters. The maximum absolute atomic E-state index is 12.6. The maximum atomic E-state index is 12.6. The van der Waals surface area contributed by atoms with Crippen molar-refractivity contribution in [3.63, 3.8) is 0 Å². The van der Waals surface area contributed by atoms with Crippen molar-refractivity contribution >= 4 is 29.0 Å². The Morgan fingerprint density at radius 1 is 1.23 bits per heavy atom. The number of nitro groups is 1. The molecule has 0 fully saturated rings. The van der Waals surface area contributed by atoms with Crippen LogP contribution in [0.15, 0.2) is 53.4 Å². The highest BCUT2D eigenvalue weighted by atomic mass is 32.2. The summed E-state index contributed by atoms with van der Waals surface area (Å²) in [4.78, 5) is 25.5. The van der Waals surface area contributed by atoms with Crippen LogP contribution < -0.4 is 4.90 Å². The predicted octanol–water partition coefficient (Wildman–Crippen LogP) is 3.98. The highest BCUT2D eigenvalue weighted by molar-refractivity contribution is 7.98. The van der Waals surface area contributed by atoms with Crippen LogP contribution in [-0.4, -0.2) is 23.6 Å². The second-order valence-electron chi connectivity index (χ2n) is 4.53. The van der Waals surface area contributed by atoms with E-state index in [0.29, 0.717) is 17.0 Å². The van der Waals surface area contributed by atoms with Crippen LogP contribution in [0, 0.1) is 10.1 Å². The van der Waals surface area contributed by atoms with Crippen LogP contribution in [0.3, 0.4) is 0 Å². The zero-order chi connectivity index (χ0) is 16.1. The molecule has 0 radical (unpaired) electrons. The number of carbonyl (C=O) groups excluding carboxylic acids is 1. The normalized spacial score (nSPS) is 10.3. The Bertz CT molecular complexity index is 689. The molecule has 0 spiro atoms. The summed E-state index contributed by atoms with van der Waals surface area (Å²) < 4.78 is 0. The molecule has 0 aliphatic heterocycles. The number of amides is 1. The summed E-state index contributed by atoms with van der Waals surface area (Å²) in [6, 6.07) is 13.9. The highest BCUT2D eigenvalue weighted by Gasteiger charge is 2.21. The summed E-state index contributed by atoms with van der Waals surface area (Å²) in [6.45, 7) is 2.36. The summed E-state index contributed by atoms with van der Waals surface area (Å²) in [5.41, 5.74) is 1.05. The van der Waals surface area contributed by atoms with Crippen LogP contribution in [0.1, 0.15) is 17.3 Å². The van der Waals surface area contributed by atoms with Crippen LogP contribution in [0.25, 0.3) is 0 Å². The first-order valence-corrected chi connectivity index (χ1v) is 8.00. The molecule has 0 saturated heterocycles. The molecule has 6 heteroatoms. The first kappa shape index (κ1) is 16.0. The van der Waals surface area contributed by atoms with Crippen LogP contribution >= 0.6 is 11.8 Å². The van der Waals surface area contributed by atoms with Gasteiger partial charge in [0.1, 0.15) is 0 Å². The maximum Gasteiger partial charge on any atom is 0.283 e. The topological polar surface area (TPSA) is 63.5 Å². The Kier molecular flexibility index (Phi) is 5.16. The standard InChI is InChI=1S/C16H16N2O3S/c1-3-17(13-7-5-4-6-8-13)16(19)12-9-10-15(22-2)14(11-12)18(20)21/h4-11H,3H2,1-2H3. The van der Waals surface area contributed by atoms with Gasteiger partial charge in [-0.15, -0.1) is 11.8 Å². The van der Waals surface area contributed by atoms with E-state index in [4.69, 9.17) is 0 Å². The van der Waals surface area contributed by atoms with E-state index in [-0.39, 0.29) is 11.6 Å². The zero-order valence-electron chi connectivity index (χ0n) is 12.4. The van der Waals surface area contributed by atoms with Crippen molar-refractivity contribution in [3.8, 4) is 0 Å². The molecule has 5 nitrogen and oxygen atoms in total. The van der Waals surface area contributed by atoms with Crippen molar-refractivity contribution in [1.82, 2.24) is 0 Å². The van der Waals surface area contributed by atoms with E-state index in [1.807, 2.05) is 37.3 Å². The van der Waals surface area contributed by atoms with Gasteiger partial charge in [0, 0.05) is 23.9 Å². The lowest BCUT2D eigenvalue weighted by molar-refractivity contribution is -0.387. The first-order valence-electron chi connectivity index (χ1n) is 6.77. The van der Waals surface area contributed by atoms with Gasteiger partial charge in [-0.25, -0.2) is 0 Å². The largest absolute Gasteiger partial charge is 0.309 e. The molecule has 2 aromatic rings. The Labute approximate surface area is 133 Å². The number of anilines is 1. The molecule has 0 aliphatic rings. The van der Waals surface area contributed by atoms with Gasteiger partial charge in [-0.3, -0.25) is 14.9 Å².